The smallest absolute Gasteiger partial charge is 0.120 e. The average molecular weight is 235 g/mol. The first-order valence-electron chi connectivity index (χ1n) is 7.06. The third-order valence-corrected chi connectivity index (χ3v) is 3.92. The number of imidazole rings is 1. The van der Waals surface area contributed by atoms with Gasteiger partial charge in [0.15, 0.2) is 0 Å². The van der Waals surface area contributed by atoms with E-state index in [0.29, 0.717) is 6.04 Å². The fourth-order valence-corrected chi connectivity index (χ4v) is 2.50. The molecule has 1 saturated carbocycles. The van der Waals surface area contributed by atoms with Crippen LogP contribution in [0.25, 0.3) is 0 Å². The van der Waals surface area contributed by atoms with Gasteiger partial charge in [-0.25, -0.2) is 4.98 Å². The molecule has 0 saturated heterocycles. The predicted molar refractivity (Wildman–Crippen MR) is 71.0 cm³/mol. The second-order valence-corrected chi connectivity index (χ2v) is 5.31. The molecule has 96 valence electrons. The van der Waals surface area contributed by atoms with Gasteiger partial charge in [-0.15, -0.1) is 0 Å². The molecule has 2 N–H and O–H groups in total. The Morgan fingerprint density at radius 1 is 1.41 bits per heavy atom. The van der Waals surface area contributed by atoms with Crippen LogP contribution in [0.5, 0.6) is 0 Å². The molecule has 0 spiro atoms. The van der Waals surface area contributed by atoms with Crippen molar-refractivity contribution in [3.05, 3.63) is 17.7 Å². The van der Waals surface area contributed by atoms with E-state index in [0.717, 1.165) is 24.7 Å². The molecular formula is C14H25N3. The van der Waals surface area contributed by atoms with E-state index in [9.17, 15) is 0 Å². The molecular weight excluding hydrogens is 210 g/mol. The maximum atomic E-state index is 4.48. The Morgan fingerprint density at radius 3 is 2.88 bits per heavy atom. The second-order valence-electron chi connectivity index (χ2n) is 5.31. The Labute approximate surface area is 104 Å². The van der Waals surface area contributed by atoms with Crippen LogP contribution in [0.1, 0.15) is 69.8 Å². The number of rotatable bonds is 5. The third-order valence-electron chi connectivity index (χ3n) is 3.92. The monoisotopic (exact) mass is 235 g/mol. The molecule has 0 aromatic carbocycles. The van der Waals surface area contributed by atoms with E-state index < -0.39 is 0 Å². The lowest BCUT2D eigenvalue weighted by Crippen LogP contribution is -2.25. The zero-order valence-electron chi connectivity index (χ0n) is 11.1. The summed E-state index contributed by atoms with van der Waals surface area (Å²) in [5.74, 6) is 1.82. The Kier molecular flexibility index (Phi) is 4.60. The SMILES string of the molecule is CCC(C)NCc1ncc(C2CCCCC2)[nH]1. The normalized spacial score (nSPS) is 19.4. The number of nitrogens with one attached hydrogen (secondary N) is 2. The fourth-order valence-electron chi connectivity index (χ4n) is 2.50. The van der Waals surface area contributed by atoms with Crippen LogP contribution < -0.4 is 5.32 Å². The number of aromatic nitrogens is 2. The van der Waals surface area contributed by atoms with E-state index in [1.807, 2.05) is 6.20 Å². The van der Waals surface area contributed by atoms with Gasteiger partial charge in [-0.3, -0.25) is 0 Å². The highest BCUT2D eigenvalue weighted by Gasteiger charge is 2.17. The lowest BCUT2D eigenvalue weighted by molar-refractivity contribution is 0.437. The molecule has 0 aliphatic heterocycles. The molecule has 1 fully saturated rings. The highest BCUT2D eigenvalue weighted by atomic mass is 15.0. The molecule has 1 aliphatic rings. The molecule has 1 heterocycles. The van der Waals surface area contributed by atoms with Gasteiger partial charge in [-0.05, 0) is 26.2 Å². The van der Waals surface area contributed by atoms with Gasteiger partial charge in [0.25, 0.3) is 0 Å². The molecule has 1 unspecified atom stereocenters. The van der Waals surface area contributed by atoms with Crippen LogP contribution in [0.3, 0.4) is 0 Å². The molecule has 3 heteroatoms. The van der Waals surface area contributed by atoms with Crippen LogP contribution in [0.4, 0.5) is 0 Å². The first-order valence-corrected chi connectivity index (χ1v) is 7.06. The molecule has 0 amide bonds. The molecule has 2 rings (SSSR count). The van der Waals surface area contributed by atoms with E-state index in [1.165, 1.54) is 37.8 Å². The zero-order valence-corrected chi connectivity index (χ0v) is 11.1. The summed E-state index contributed by atoms with van der Waals surface area (Å²) in [6, 6.07) is 0.568. The highest BCUT2D eigenvalue weighted by molar-refractivity contribution is 5.08. The minimum atomic E-state index is 0.568. The lowest BCUT2D eigenvalue weighted by atomic mass is 9.87. The number of hydrogen-bond donors (Lipinski definition) is 2. The topological polar surface area (TPSA) is 40.7 Å². The number of nitrogens with zero attached hydrogens (tertiary/aromatic N) is 1. The van der Waals surface area contributed by atoms with E-state index in [-0.39, 0.29) is 0 Å². The molecule has 1 aromatic rings. The summed E-state index contributed by atoms with van der Waals surface area (Å²) >= 11 is 0. The lowest BCUT2D eigenvalue weighted by Gasteiger charge is -2.19. The first-order chi connectivity index (χ1) is 8.29. The van der Waals surface area contributed by atoms with Crippen LogP contribution >= 0.6 is 0 Å². The van der Waals surface area contributed by atoms with Crippen LogP contribution in [0, 0.1) is 0 Å². The number of H-pyrrole nitrogens is 1. The van der Waals surface area contributed by atoms with Crippen molar-refractivity contribution < 1.29 is 0 Å². The van der Waals surface area contributed by atoms with Crippen molar-refractivity contribution in [2.24, 2.45) is 0 Å². The Morgan fingerprint density at radius 2 is 2.18 bits per heavy atom. The summed E-state index contributed by atoms with van der Waals surface area (Å²) in [5, 5.41) is 3.47. The van der Waals surface area contributed by atoms with Crippen molar-refractivity contribution in [1.29, 1.82) is 0 Å². The van der Waals surface area contributed by atoms with Gasteiger partial charge in [-0.2, -0.15) is 0 Å². The molecule has 17 heavy (non-hydrogen) atoms. The van der Waals surface area contributed by atoms with E-state index in [4.69, 9.17) is 0 Å². The standard InChI is InChI=1S/C14H25N3/c1-3-11(2)15-10-14-16-9-13(17-14)12-7-5-4-6-8-12/h9,11-12,15H,3-8,10H2,1-2H3,(H,16,17). The van der Waals surface area contributed by atoms with Gasteiger partial charge in [0.2, 0.25) is 0 Å². The molecule has 3 nitrogen and oxygen atoms in total. The molecule has 0 radical (unpaired) electrons. The van der Waals surface area contributed by atoms with Crippen molar-refractivity contribution in [3.8, 4) is 0 Å². The third kappa shape index (κ3) is 3.56. The fraction of sp³-hybridized carbons (Fsp3) is 0.786. The van der Waals surface area contributed by atoms with Crippen LogP contribution in [-0.4, -0.2) is 16.0 Å². The van der Waals surface area contributed by atoms with Crippen LogP contribution in [0.15, 0.2) is 6.20 Å². The minimum Gasteiger partial charge on any atom is -0.345 e. The van der Waals surface area contributed by atoms with Crippen LogP contribution in [0.2, 0.25) is 0 Å². The van der Waals surface area contributed by atoms with E-state index in [2.05, 4.69) is 29.1 Å². The number of aromatic amines is 1. The minimum absolute atomic E-state index is 0.568. The Balaban J connectivity index is 1.86. The maximum Gasteiger partial charge on any atom is 0.120 e. The van der Waals surface area contributed by atoms with Crippen molar-refractivity contribution in [2.45, 2.75) is 70.9 Å². The summed E-state index contributed by atoms with van der Waals surface area (Å²) in [5.41, 5.74) is 1.35. The highest BCUT2D eigenvalue weighted by Crippen LogP contribution is 2.31. The van der Waals surface area contributed by atoms with Crippen molar-refractivity contribution in [3.63, 3.8) is 0 Å². The quantitative estimate of drug-likeness (QED) is 0.821. The molecule has 0 bridgehead atoms. The summed E-state index contributed by atoms with van der Waals surface area (Å²) in [6.07, 6.45) is 10.0. The van der Waals surface area contributed by atoms with Crippen LogP contribution in [-0.2, 0) is 6.54 Å². The maximum absolute atomic E-state index is 4.48. The molecule has 1 aromatic heterocycles. The Bertz CT molecular complexity index is 326. The van der Waals surface area contributed by atoms with Crippen molar-refractivity contribution in [2.75, 3.05) is 0 Å². The van der Waals surface area contributed by atoms with Gasteiger partial charge in [-0.1, -0.05) is 26.2 Å². The summed E-state index contributed by atoms with van der Waals surface area (Å²) < 4.78 is 0. The molecule has 1 aliphatic carbocycles. The van der Waals surface area contributed by atoms with Gasteiger partial charge in [0, 0.05) is 23.9 Å². The zero-order chi connectivity index (χ0) is 12.1. The largest absolute Gasteiger partial charge is 0.345 e. The summed E-state index contributed by atoms with van der Waals surface area (Å²) in [7, 11) is 0. The predicted octanol–water partition coefficient (Wildman–Crippen LogP) is 3.35. The summed E-state index contributed by atoms with van der Waals surface area (Å²) in [6.45, 7) is 5.28. The van der Waals surface area contributed by atoms with Gasteiger partial charge in [0.05, 0.1) is 6.54 Å². The average Bonchev–Trinajstić information content (AvgIpc) is 2.86. The molecule has 1 atom stereocenters. The van der Waals surface area contributed by atoms with Crippen molar-refractivity contribution in [1.82, 2.24) is 15.3 Å². The second kappa shape index (κ2) is 6.20. The van der Waals surface area contributed by atoms with Gasteiger partial charge >= 0.3 is 0 Å². The van der Waals surface area contributed by atoms with Gasteiger partial charge in [0.1, 0.15) is 5.82 Å². The van der Waals surface area contributed by atoms with E-state index in [1.54, 1.807) is 0 Å². The first kappa shape index (κ1) is 12.6. The Hall–Kier alpha value is -0.830. The van der Waals surface area contributed by atoms with Gasteiger partial charge < -0.3 is 10.3 Å². The number of hydrogen-bond acceptors (Lipinski definition) is 2. The van der Waals surface area contributed by atoms with E-state index >= 15 is 0 Å². The van der Waals surface area contributed by atoms with Crippen molar-refractivity contribution >= 4 is 0 Å². The summed E-state index contributed by atoms with van der Waals surface area (Å²) in [4.78, 5) is 7.97.